The molecule has 0 radical (unpaired) electrons. The summed E-state index contributed by atoms with van der Waals surface area (Å²) in [7, 11) is 1.74. The first-order valence-corrected chi connectivity index (χ1v) is 7.95. The molecule has 7 heteroatoms. The number of ether oxygens (including phenoxy) is 1. The lowest BCUT2D eigenvalue weighted by molar-refractivity contribution is -0.903. The average molecular weight is 360 g/mol. The van der Waals surface area contributed by atoms with E-state index < -0.39 is 5.92 Å². The van der Waals surface area contributed by atoms with Crippen molar-refractivity contribution in [3.05, 3.63) is 41.1 Å². The highest BCUT2D eigenvalue weighted by Gasteiger charge is 2.48. The summed E-state index contributed by atoms with van der Waals surface area (Å²) in [6.07, 6.45) is 2.91. The summed E-state index contributed by atoms with van der Waals surface area (Å²) < 4.78 is 5.44. The molecule has 3 N–H and O–H groups in total. The van der Waals surface area contributed by atoms with Crippen LogP contribution in [0.4, 0.5) is 0 Å². The number of aliphatic hydroxyl groups excluding tert-OH is 1. The number of rotatable bonds is 4. The smallest absolute Gasteiger partial charge is 0.316 e. The Morgan fingerprint density at radius 1 is 1.29 bits per heavy atom. The summed E-state index contributed by atoms with van der Waals surface area (Å²) >= 11 is 0. The van der Waals surface area contributed by atoms with Crippen molar-refractivity contribution in [3.8, 4) is 0 Å². The predicted molar refractivity (Wildman–Crippen MR) is 92.6 cm³/mol. The van der Waals surface area contributed by atoms with Crippen LogP contribution in [-0.4, -0.2) is 53.0 Å². The number of hydrogen-bond acceptors (Lipinski definition) is 4. The van der Waals surface area contributed by atoms with E-state index in [9.17, 15) is 15.1 Å². The fraction of sp³-hybridized carbons (Fsp3) is 0.588. The number of hydrogen-bond donors (Lipinski definition) is 1. The van der Waals surface area contributed by atoms with E-state index in [4.69, 9.17) is 4.74 Å². The van der Waals surface area contributed by atoms with E-state index in [1.54, 1.807) is 7.05 Å². The van der Waals surface area contributed by atoms with E-state index in [1.807, 2.05) is 30.3 Å². The number of piperidine rings is 1. The van der Waals surface area contributed by atoms with Gasteiger partial charge in [0, 0.05) is 25.7 Å². The van der Waals surface area contributed by atoms with Crippen molar-refractivity contribution in [1.82, 2.24) is 0 Å². The molecule has 24 heavy (non-hydrogen) atoms. The van der Waals surface area contributed by atoms with Gasteiger partial charge in [-0.05, 0) is 5.56 Å². The van der Waals surface area contributed by atoms with Crippen molar-refractivity contribution >= 4 is 18.4 Å². The minimum Gasteiger partial charge on any atom is -0.633 e. The van der Waals surface area contributed by atoms with Crippen molar-refractivity contribution in [2.24, 2.45) is 0 Å². The molecule has 1 aromatic rings. The lowest BCUT2D eigenvalue weighted by Crippen LogP contribution is -2.55. The van der Waals surface area contributed by atoms with Gasteiger partial charge in [0.25, 0.3) is 0 Å². The van der Waals surface area contributed by atoms with Crippen molar-refractivity contribution in [1.29, 1.82) is 0 Å². The Kier molecular flexibility index (Phi) is 7.19. The van der Waals surface area contributed by atoms with Crippen LogP contribution in [0.1, 0.15) is 37.2 Å². The Labute approximate surface area is 148 Å². The van der Waals surface area contributed by atoms with Gasteiger partial charge in [-0.3, -0.25) is 4.79 Å². The number of fused-ring (bicyclic) bond motifs is 2. The first kappa shape index (κ1) is 20.9. The van der Waals surface area contributed by atoms with Crippen LogP contribution >= 0.6 is 12.4 Å². The normalized spacial score (nSPS) is 32.2. The zero-order valence-corrected chi connectivity index (χ0v) is 14.6. The van der Waals surface area contributed by atoms with Gasteiger partial charge in [-0.15, -0.1) is 12.4 Å². The summed E-state index contributed by atoms with van der Waals surface area (Å²) in [6.45, 7) is -0.266. The van der Waals surface area contributed by atoms with Gasteiger partial charge < -0.3 is 25.2 Å². The third kappa shape index (κ3) is 3.90. The van der Waals surface area contributed by atoms with E-state index in [1.165, 1.54) is 0 Å². The van der Waals surface area contributed by atoms with Crippen molar-refractivity contribution in [2.45, 2.75) is 49.8 Å². The summed E-state index contributed by atoms with van der Waals surface area (Å²) in [5.74, 6) is -1.03. The molecule has 0 spiro atoms. The molecule has 2 unspecified atom stereocenters. The molecule has 0 amide bonds. The number of aliphatic hydroxyl groups is 1. The van der Waals surface area contributed by atoms with E-state index in [2.05, 4.69) is 0 Å². The second-order valence-electron chi connectivity index (χ2n) is 6.62. The molecule has 2 aliphatic rings. The first-order chi connectivity index (χ1) is 10.5. The Bertz CT molecular complexity index is 523. The van der Waals surface area contributed by atoms with E-state index in [-0.39, 0.29) is 53.3 Å². The molecule has 2 bridgehead atoms. The average Bonchev–Trinajstić information content (AvgIpc) is 2.68. The number of halogens is 1. The monoisotopic (exact) mass is 359 g/mol. The molecule has 0 aromatic heterocycles. The molecule has 2 heterocycles. The van der Waals surface area contributed by atoms with Gasteiger partial charge in [0.2, 0.25) is 0 Å². The number of hydroxylamine groups is 3. The van der Waals surface area contributed by atoms with Crippen LogP contribution in [0.5, 0.6) is 0 Å². The van der Waals surface area contributed by atoms with E-state index in [0.717, 1.165) is 18.4 Å². The number of nitrogens with zero attached hydrogens (tertiary/aromatic N) is 1. The van der Waals surface area contributed by atoms with Crippen LogP contribution in [0.15, 0.2) is 30.3 Å². The van der Waals surface area contributed by atoms with Crippen LogP contribution in [0.25, 0.3) is 0 Å². The second kappa shape index (κ2) is 8.27. The maximum atomic E-state index is 12.4. The van der Waals surface area contributed by atoms with E-state index >= 15 is 0 Å². The highest BCUT2D eigenvalue weighted by atomic mass is 35.5. The topological polar surface area (TPSA) is 101 Å². The Morgan fingerprint density at radius 2 is 1.83 bits per heavy atom. The van der Waals surface area contributed by atoms with E-state index in [0.29, 0.717) is 12.8 Å². The molecule has 136 valence electrons. The highest BCUT2D eigenvalue weighted by molar-refractivity contribution is 5.85. The summed E-state index contributed by atoms with van der Waals surface area (Å²) in [4.78, 5) is 12.4. The lowest BCUT2D eigenvalue weighted by atomic mass is 9.98. The maximum absolute atomic E-state index is 12.4. The predicted octanol–water partition coefficient (Wildman–Crippen LogP) is 1.54. The van der Waals surface area contributed by atoms with Crippen LogP contribution in [0.2, 0.25) is 0 Å². The summed E-state index contributed by atoms with van der Waals surface area (Å²) in [6, 6.07) is 9.27. The number of carbonyl (C=O) groups is 1. The molecule has 5 atom stereocenters. The number of esters is 1. The van der Waals surface area contributed by atoms with Gasteiger partial charge in [-0.1, -0.05) is 30.3 Å². The first-order valence-electron chi connectivity index (χ1n) is 7.95. The molecule has 0 aliphatic carbocycles. The lowest BCUT2D eigenvalue weighted by Gasteiger charge is -2.50. The Balaban J connectivity index is 0.00000144. The number of carbonyl (C=O) groups excluding carboxylic acids is 1. The van der Waals surface area contributed by atoms with Gasteiger partial charge in [0.1, 0.15) is 12.0 Å². The summed E-state index contributed by atoms with van der Waals surface area (Å²) in [5.41, 5.74) is 0.762. The van der Waals surface area contributed by atoms with Crippen LogP contribution < -0.4 is 0 Å². The molecule has 3 rings (SSSR count). The molecule has 2 aliphatic heterocycles. The standard InChI is InChI=1S/C17H23NO4.ClH.H2O/c1-18(21)13-7-8-14(18)10-15(9-13)22-17(20)16(11-19)12-5-3-2-4-6-12;;/h2-6,13-16,19H,7-11H2,1H3;1H;1H2/t13-,14+,15+,16?,18?;;. The number of benzene rings is 1. The summed E-state index contributed by atoms with van der Waals surface area (Å²) in [5, 5.41) is 22.0. The molecule has 0 saturated carbocycles. The molecule has 1 aromatic carbocycles. The third-order valence-electron chi connectivity index (χ3n) is 5.30. The zero-order valence-electron chi connectivity index (χ0n) is 13.8. The van der Waals surface area contributed by atoms with Crippen LogP contribution in [0.3, 0.4) is 0 Å². The molecule has 6 nitrogen and oxygen atoms in total. The fourth-order valence-electron chi connectivity index (χ4n) is 3.90. The fourth-order valence-corrected chi connectivity index (χ4v) is 3.90. The van der Waals surface area contributed by atoms with Gasteiger partial charge in [0.15, 0.2) is 0 Å². The highest BCUT2D eigenvalue weighted by Crippen LogP contribution is 2.41. The van der Waals surface area contributed by atoms with Crippen LogP contribution in [0, 0.1) is 5.21 Å². The van der Waals surface area contributed by atoms with Crippen LogP contribution in [-0.2, 0) is 9.53 Å². The molecular weight excluding hydrogens is 334 g/mol. The maximum Gasteiger partial charge on any atom is 0.316 e. The Morgan fingerprint density at radius 3 is 2.33 bits per heavy atom. The van der Waals surface area contributed by atoms with Gasteiger partial charge in [-0.25, -0.2) is 0 Å². The molecule has 2 saturated heterocycles. The molecule has 2 fully saturated rings. The minimum absolute atomic E-state index is 0. The molecular formula is C17H26ClNO5. The third-order valence-corrected chi connectivity index (χ3v) is 5.30. The van der Waals surface area contributed by atoms with Crippen molar-refractivity contribution < 1.29 is 24.8 Å². The van der Waals surface area contributed by atoms with Crippen molar-refractivity contribution in [3.63, 3.8) is 0 Å². The van der Waals surface area contributed by atoms with Gasteiger partial charge in [0.05, 0.1) is 25.7 Å². The zero-order chi connectivity index (χ0) is 15.7. The van der Waals surface area contributed by atoms with Gasteiger partial charge in [-0.2, -0.15) is 0 Å². The minimum atomic E-state index is -0.645. The van der Waals surface area contributed by atoms with Gasteiger partial charge >= 0.3 is 5.97 Å². The quantitative estimate of drug-likeness (QED) is 0.500. The SMILES string of the molecule is C[N+]1([O-])[C@@H]2CC[C@H]1C[C@@H](OC(=O)C(CO)c1ccccc1)C2.Cl.O. The second-order valence-corrected chi connectivity index (χ2v) is 6.62. The largest absolute Gasteiger partial charge is 0.633 e. The van der Waals surface area contributed by atoms with Crippen molar-refractivity contribution in [2.75, 3.05) is 13.7 Å². The Hall–Kier alpha value is -1.18. The number of quaternary nitrogens is 1.